The van der Waals surface area contributed by atoms with Crippen LogP contribution in [0.15, 0.2) is 103 Å². The number of benzene rings is 4. The second kappa shape index (κ2) is 12.6. The van der Waals surface area contributed by atoms with Gasteiger partial charge in [-0.2, -0.15) is 0 Å². The molecule has 208 valence electrons. The van der Waals surface area contributed by atoms with Crippen LogP contribution in [0, 0.1) is 0 Å². The van der Waals surface area contributed by atoms with Crippen LogP contribution in [0.2, 0.25) is 0 Å². The molecule has 41 heavy (non-hydrogen) atoms. The Labute approximate surface area is 240 Å². The highest BCUT2D eigenvalue weighted by atomic mass is 16.4. The third-order valence-corrected chi connectivity index (χ3v) is 7.77. The van der Waals surface area contributed by atoms with Gasteiger partial charge in [-0.25, -0.2) is 0 Å². The predicted molar refractivity (Wildman–Crippen MR) is 160 cm³/mol. The maximum absolute atomic E-state index is 14.1. The van der Waals surface area contributed by atoms with E-state index in [0.29, 0.717) is 41.9 Å². The number of aliphatic carboxylic acids is 1. The lowest BCUT2D eigenvalue weighted by molar-refractivity contribution is -0.137. The molecular weight excluding hydrogens is 512 g/mol. The van der Waals surface area contributed by atoms with E-state index in [1.807, 2.05) is 90.7 Å². The summed E-state index contributed by atoms with van der Waals surface area (Å²) in [5, 5.41) is 9.40. The van der Waals surface area contributed by atoms with E-state index < -0.39 is 5.97 Å². The van der Waals surface area contributed by atoms with Crippen molar-refractivity contribution < 1.29 is 19.5 Å². The SMILES string of the molecule is CC(CN(CCC(=O)O)C(=O)c1ccccc1-c1ccccc1C(=O)N1CCc2ccccc2C1)c1ccccc1. The summed E-state index contributed by atoms with van der Waals surface area (Å²) in [6.07, 6.45) is 0.651. The number of carbonyl (C=O) groups is 3. The summed E-state index contributed by atoms with van der Waals surface area (Å²) in [6, 6.07) is 32.8. The topological polar surface area (TPSA) is 77.9 Å². The summed E-state index contributed by atoms with van der Waals surface area (Å²) in [6.45, 7) is 3.67. The Kier molecular flexibility index (Phi) is 8.59. The van der Waals surface area contributed by atoms with Crippen LogP contribution in [0.25, 0.3) is 11.1 Å². The van der Waals surface area contributed by atoms with E-state index in [2.05, 4.69) is 12.1 Å². The Bertz CT molecular complexity index is 1550. The quantitative estimate of drug-likeness (QED) is 0.268. The molecule has 6 heteroatoms. The number of rotatable bonds is 9. The van der Waals surface area contributed by atoms with E-state index >= 15 is 0 Å². The first kappa shape index (κ1) is 27.8. The fraction of sp³-hybridized carbons (Fsp3) is 0.229. The summed E-state index contributed by atoms with van der Waals surface area (Å²) >= 11 is 0. The maximum Gasteiger partial charge on any atom is 0.305 e. The lowest BCUT2D eigenvalue weighted by Gasteiger charge is -2.30. The summed E-state index contributed by atoms with van der Waals surface area (Å²) in [5.41, 5.74) is 5.84. The number of carboxylic acids is 1. The first-order valence-corrected chi connectivity index (χ1v) is 14.0. The van der Waals surface area contributed by atoms with Gasteiger partial charge in [0.15, 0.2) is 0 Å². The van der Waals surface area contributed by atoms with E-state index in [0.717, 1.165) is 17.5 Å². The van der Waals surface area contributed by atoms with Crippen LogP contribution in [0.1, 0.15) is 56.7 Å². The molecule has 1 aliphatic rings. The number of carboxylic acid groups (broad SMARTS) is 1. The molecule has 1 atom stereocenters. The van der Waals surface area contributed by atoms with Crippen LogP contribution in [0.3, 0.4) is 0 Å². The molecule has 0 aromatic heterocycles. The molecule has 0 bridgehead atoms. The number of nitrogens with zero attached hydrogens (tertiary/aromatic N) is 2. The van der Waals surface area contributed by atoms with Crippen molar-refractivity contribution in [2.45, 2.75) is 32.2 Å². The highest BCUT2D eigenvalue weighted by molar-refractivity contribution is 6.06. The lowest BCUT2D eigenvalue weighted by atomic mass is 9.92. The normalized spacial score (nSPS) is 13.2. The monoisotopic (exact) mass is 546 g/mol. The zero-order valence-electron chi connectivity index (χ0n) is 23.2. The molecular formula is C35H34N2O4. The van der Waals surface area contributed by atoms with Gasteiger partial charge in [0.25, 0.3) is 11.8 Å². The van der Waals surface area contributed by atoms with Gasteiger partial charge in [0.2, 0.25) is 0 Å². The Hall–Kier alpha value is -4.71. The highest BCUT2D eigenvalue weighted by Crippen LogP contribution is 2.31. The number of fused-ring (bicyclic) bond motifs is 1. The average Bonchev–Trinajstić information content (AvgIpc) is 3.02. The summed E-state index contributed by atoms with van der Waals surface area (Å²) in [4.78, 5) is 42.9. The van der Waals surface area contributed by atoms with Crippen LogP contribution in [0.4, 0.5) is 0 Å². The third-order valence-electron chi connectivity index (χ3n) is 7.77. The molecule has 2 amide bonds. The molecule has 1 heterocycles. The van der Waals surface area contributed by atoms with Crippen molar-refractivity contribution in [3.63, 3.8) is 0 Å². The first-order chi connectivity index (χ1) is 19.9. The minimum atomic E-state index is -0.956. The molecule has 0 saturated heterocycles. The largest absolute Gasteiger partial charge is 0.481 e. The molecule has 1 unspecified atom stereocenters. The highest BCUT2D eigenvalue weighted by Gasteiger charge is 2.27. The van der Waals surface area contributed by atoms with Gasteiger partial charge in [-0.3, -0.25) is 14.4 Å². The van der Waals surface area contributed by atoms with E-state index in [1.54, 1.807) is 17.0 Å². The smallest absolute Gasteiger partial charge is 0.305 e. The second-order valence-corrected chi connectivity index (χ2v) is 10.5. The van der Waals surface area contributed by atoms with Crippen molar-refractivity contribution in [3.05, 3.63) is 131 Å². The van der Waals surface area contributed by atoms with E-state index in [4.69, 9.17) is 0 Å². The van der Waals surface area contributed by atoms with E-state index in [9.17, 15) is 19.5 Å². The number of amides is 2. The number of hydrogen-bond acceptors (Lipinski definition) is 3. The van der Waals surface area contributed by atoms with Gasteiger partial charge in [-0.15, -0.1) is 0 Å². The van der Waals surface area contributed by atoms with Crippen LogP contribution in [-0.4, -0.2) is 52.3 Å². The Morgan fingerprint density at radius 1 is 0.780 bits per heavy atom. The van der Waals surface area contributed by atoms with Crippen LogP contribution in [-0.2, 0) is 17.8 Å². The zero-order valence-corrected chi connectivity index (χ0v) is 23.2. The minimum absolute atomic E-state index is 0.0111. The second-order valence-electron chi connectivity index (χ2n) is 10.5. The van der Waals surface area contributed by atoms with Crippen LogP contribution in [0.5, 0.6) is 0 Å². The Morgan fingerprint density at radius 3 is 2.07 bits per heavy atom. The number of carbonyl (C=O) groups excluding carboxylic acids is 2. The summed E-state index contributed by atoms with van der Waals surface area (Å²) in [7, 11) is 0. The predicted octanol–water partition coefficient (Wildman–Crippen LogP) is 6.27. The van der Waals surface area contributed by atoms with E-state index in [-0.39, 0.29) is 30.7 Å². The molecule has 4 aromatic rings. The van der Waals surface area contributed by atoms with Crippen LogP contribution >= 0.6 is 0 Å². The van der Waals surface area contributed by atoms with Gasteiger partial charge in [0.1, 0.15) is 0 Å². The maximum atomic E-state index is 14.1. The van der Waals surface area contributed by atoms with Crippen molar-refractivity contribution in [2.24, 2.45) is 0 Å². The van der Waals surface area contributed by atoms with Crippen LogP contribution < -0.4 is 0 Å². The molecule has 4 aromatic carbocycles. The minimum Gasteiger partial charge on any atom is -0.481 e. The van der Waals surface area contributed by atoms with Gasteiger partial charge < -0.3 is 14.9 Å². The molecule has 0 saturated carbocycles. The van der Waals surface area contributed by atoms with Gasteiger partial charge in [0.05, 0.1) is 6.42 Å². The summed E-state index contributed by atoms with van der Waals surface area (Å²) < 4.78 is 0. The molecule has 0 aliphatic carbocycles. The molecule has 5 rings (SSSR count). The van der Waals surface area contributed by atoms with E-state index in [1.165, 1.54) is 5.56 Å². The van der Waals surface area contributed by atoms with Gasteiger partial charge in [-0.05, 0) is 52.3 Å². The molecule has 0 radical (unpaired) electrons. The fourth-order valence-electron chi connectivity index (χ4n) is 5.54. The Balaban J connectivity index is 1.46. The Morgan fingerprint density at radius 2 is 1.37 bits per heavy atom. The summed E-state index contributed by atoms with van der Waals surface area (Å²) in [5.74, 6) is -1.27. The van der Waals surface area contributed by atoms with Crippen molar-refractivity contribution in [2.75, 3.05) is 19.6 Å². The zero-order chi connectivity index (χ0) is 28.8. The van der Waals surface area contributed by atoms with Gasteiger partial charge in [0, 0.05) is 37.3 Å². The van der Waals surface area contributed by atoms with Crippen molar-refractivity contribution in [3.8, 4) is 11.1 Å². The molecule has 1 aliphatic heterocycles. The molecule has 0 spiro atoms. The molecule has 6 nitrogen and oxygen atoms in total. The average molecular weight is 547 g/mol. The third kappa shape index (κ3) is 6.38. The fourth-order valence-corrected chi connectivity index (χ4v) is 5.54. The van der Waals surface area contributed by atoms with Crippen molar-refractivity contribution >= 4 is 17.8 Å². The van der Waals surface area contributed by atoms with Gasteiger partial charge in [-0.1, -0.05) is 97.9 Å². The number of hydrogen-bond donors (Lipinski definition) is 1. The molecule has 1 N–H and O–H groups in total. The standard InChI is InChI=1S/C35H34N2O4/c1-25(26-11-3-2-4-12-26)23-36(22-20-33(38)39)34(40)31-17-9-7-15-29(31)30-16-8-10-18-32(30)35(41)37-21-19-27-13-5-6-14-28(27)24-37/h2-18,25H,19-24H2,1H3,(H,38,39). The lowest BCUT2D eigenvalue weighted by Crippen LogP contribution is -2.37. The molecule has 0 fully saturated rings. The van der Waals surface area contributed by atoms with Crippen molar-refractivity contribution in [1.29, 1.82) is 0 Å². The first-order valence-electron chi connectivity index (χ1n) is 14.0. The van der Waals surface area contributed by atoms with Crippen molar-refractivity contribution in [1.82, 2.24) is 9.80 Å². The van der Waals surface area contributed by atoms with Gasteiger partial charge >= 0.3 is 5.97 Å².